The first-order valence-electron chi connectivity index (χ1n) is 8.23. The summed E-state index contributed by atoms with van der Waals surface area (Å²) in [4.78, 5) is 10.0. The molecule has 0 saturated carbocycles. The number of anilines is 1. The topological polar surface area (TPSA) is 107 Å². The minimum atomic E-state index is -3.94. The highest BCUT2D eigenvalue weighted by atomic mass is 32.2. The molecule has 1 N–H and O–H groups in total. The Morgan fingerprint density at radius 3 is 2.29 bits per heavy atom. The SMILES string of the molecule is Cc1nn(Cc2ccc(F)cc2)c(C)c1NS(=O)(=O)c1ccc([N+](=O)[O-])cc1. The number of rotatable bonds is 6. The zero-order chi connectivity index (χ0) is 20.5. The molecule has 0 unspecified atom stereocenters. The van der Waals surface area contributed by atoms with Gasteiger partial charge in [0.2, 0.25) is 0 Å². The Balaban J connectivity index is 1.86. The molecular weight excluding hydrogens is 387 g/mol. The normalized spacial score (nSPS) is 11.4. The van der Waals surface area contributed by atoms with E-state index in [-0.39, 0.29) is 16.4 Å². The van der Waals surface area contributed by atoms with Gasteiger partial charge in [-0.25, -0.2) is 12.8 Å². The molecule has 0 fully saturated rings. The summed E-state index contributed by atoms with van der Waals surface area (Å²) in [5, 5.41) is 15.1. The van der Waals surface area contributed by atoms with E-state index in [1.807, 2.05) is 0 Å². The zero-order valence-corrected chi connectivity index (χ0v) is 15.9. The van der Waals surface area contributed by atoms with Gasteiger partial charge in [-0.15, -0.1) is 0 Å². The smallest absolute Gasteiger partial charge is 0.269 e. The van der Waals surface area contributed by atoms with Crippen LogP contribution in [0.25, 0.3) is 0 Å². The number of nitro benzene ring substituents is 1. The summed E-state index contributed by atoms with van der Waals surface area (Å²) in [7, 11) is -3.94. The fourth-order valence-corrected chi connectivity index (χ4v) is 3.88. The molecule has 0 radical (unpaired) electrons. The summed E-state index contributed by atoms with van der Waals surface area (Å²) in [6.07, 6.45) is 0. The van der Waals surface area contributed by atoms with Gasteiger partial charge in [-0.1, -0.05) is 12.1 Å². The molecule has 0 spiro atoms. The molecule has 2 aromatic carbocycles. The number of benzene rings is 2. The maximum atomic E-state index is 13.1. The number of hydrogen-bond donors (Lipinski definition) is 1. The zero-order valence-electron chi connectivity index (χ0n) is 15.1. The largest absolute Gasteiger partial charge is 0.276 e. The maximum Gasteiger partial charge on any atom is 0.269 e. The van der Waals surface area contributed by atoms with Crippen molar-refractivity contribution in [2.24, 2.45) is 0 Å². The molecule has 0 atom stereocenters. The molecule has 1 heterocycles. The average molecular weight is 404 g/mol. The number of non-ortho nitro benzene ring substituents is 1. The molecule has 0 bridgehead atoms. The quantitative estimate of drug-likeness (QED) is 0.500. The number of aryl methyl sites for hydroxylation is 1. The minimum Gasteiger partial charge on any atom is -0.276 e. The lowest BCUT2D eigenvalue weighted by Crippen LogP contribution is -2.14. The minimum absolute atomic E-state index is 0.0943. The third-order valence-corrected chi connectivity index (χ3v) is 5.59. The molecule has 146 valence electrons. The molecule has 0 amide bonds. The van der Waals surface area contributed by atoms with Gasteiger partial charge in [0, 0.05) is 12.1 Å². The van der Waals surface area contributed by atoms with Gasteiger partial charge in [0.15, 0.2) is 0 Å². The van der Waals surface area contributed by atoms with Crippen molar-refractivity contribution in [1.82, 2.24) is 9.78 Å². The van der Waals surface area contributed by atoms with E-state index in [2.05, 4.69) is 9.82 Å². The molecule has 0 aliphatic carbocycles. The first-order chi connectivity index (χ1) is 13.2. The van der Waals surface area contributed by atoms with E-state index < -0.39 is 14.9 Å². The molecule has 3 rings (SSSR count). The number of hydrogen-bond acceptors (Lipinski definition) is 5. The van der Waals surface area contributed by atoms with Crippen LogP contribution < -0.4 is 4.72 Å². The Bertz CT molecular complexity index is 1120. The highest BCUT2D eigenvalue weighted by molar-refractivity contribution is 7.92. The third-order valence-electron chi connectivity index (χ3n) is 4.22. The van der Waals surface area contributed by atoms with Gasteiger partial charge in [0.1, 0.15) is 5.82 Å². The molecule has 0 saturated heterocycles. The number of aromatic nitrogens is 2. The number of nitro groups is 1. The predicted molar refractivity (Wildman–Crippen MR) is 101 cm³/mol. The van der Waals surface area contributed by atoms with Gasteiger partial charge >= 0.3 is 0 Å². The second-order valence-electron chi connectivity index (χ2n) is 6.19. The number of halogens is 1. The molecular formula is C18H17FN4O4S. The molecule has 0 aliphatic rings. The van der Waals surface area contributed by atoms with Crippen LogP contribution in [0, 0.1) is 29.8 Å². The van der Waals surface area contributed by atoms with E-state index in [4.69, 9.17) is 0 Å². The first kappa shape index (κ1) is 19.5. The summed E-state index contributed by atoms with van der Waals surface area (Å²) in [6.45, 7) is 3.74. The van der Waals surface area contributed by atoms with Crippen LogP contribution >= 0.6 is 0 Å². The van der Waals surface area contributed by atoms with Crippen LogP contribution in [-0.4, -0.2) is 23.1 Å². The summed E-state index contributed by atoms with van der Waals surface area (Å²) in [6, 6.07) is 10.6. The van der Waals surface area contributed by atoms with E-state index in [0.29, 0.717) is 23.6 Å². The monoisotopic (exact) mass is 404 g/mol. The molecule has 8 nitrogen and oxygen atoms in total. The van der Waals surface area contributed by atoms with Gasteiger partial charge in [-0.2, -0.15) is 5.10 Å². The highest BCUT2D eigenvalue weighted by Gasteiger charge is 2.21. The van der Waals surface area contributed by atoms with Crippen LogP contribution in [0.1, 0.15) is 17.0 Å². The van der Waals surface area contributed by atoms with Crippen molar-refractivity contribution in [2.45, 2.75) is 25.3 Å². The predicted octanol–water partition coefficient (Wildman–Crippen LogP) is 3.40. The molecule has 10 heteroatoms. The van der Waals surface area contributed by atoms with Crippen molar-refractivity contribution in [3.8, 4) is 0 Å². The number of nitrogens with zero attached hydrogens (tertiary/aromatic N) is 3. The molecule has 0 aliphatic heterocycles. The van der Waals surface area contributed by atoms with E-state index in [1.165, 1.54) is 24.3 Å². The van der Waals surface area contributed by atoms with Crippen molar-refractivity contribution < 1.29 is 17.7 Å². The first-order valence-corrected chi connectivity index (χ1v) is 9.71. The second kappa shape index (κ2) is 7.39. The molecule has 1 aromatic heterocycles. The summed E-state index contributed by atoms with van der Waals surface area (Å²) in [5.74, 6) is -0.339. The Hall–Kier alpha value is -3.27. The lowest BCUT2D eigenvalue weighted by Gasteiger charge is -2.09. The fraction of sp³-hybridized carbons (Fsp3) is 0.167. The summed E-state index contributed by atoms with van der Waals surface area (Å²) >= 11 is 0. The summed E-state index contributed by atoms with van der Waals surface area (Å²) < 4.78 is 42.4. The van der Waals surface area contributed by atoms with Crippen molar-refractivity contribution in [3.63, 3.8) is 0 Å². The Kier molecular flexibility index (Phi) is 5.14. The Labute approximate surface area is 160 Å². The molecule has 3 aromatic rings. The van der Waals surface area contributed by atoms with Gasteiger partial charge in [0.25, 0.3) is 15.7 Å². The van der Waals surface area contributed by atoms with Crippen molar-refractivity contribution in [2.75, 3.05) is 4.72 Å². The number of sulfonamides is 1. The van der Waals surface area contributed by atoms with Crippen LogP contribution in [-0.2, 0) is 16.6 Å². The van der Waals surface area contributed by atoms with Crippen LogP contribution in [0.3, 0.4) is 0 Å². The lowest BCUT2D eigenvalue weighted by atomic mass is 10.2. The van der Waals surface area contributed by atoms with Crippen molar-refractivity contribution in [3.05, 3.63) is 81.4 Å². The third kappa shape index (κ3) is 4.01. The van der Waals surface area contributed by atoms with Gasteiger partial charge < -0.3 is 0 Å². The van der Waals surface area contributed by atoms with E-state index in [0.717, 1.165) is 17.7 Å². The average Bonchev–Trinajstić information content (AvgIpc) is 2.91. The van der Waals surface area contributed by atoms with Crippen molar-refractivity contribution >= 4 is 21.4 Å². The van der Waals surface area contributed by atoms with Crippen LogP contribution in [0.2, 0.25) is 0 Å². The van der Waals surface area contributed by atoms with Crippen LogP contribution in [0.4, 0.5) is 15.8 Å². The standard InChI is InChI=1S/C18H17FN4O4S/c1-12-18(13(2)22(20-12)11-14-3-5-15(19)6-4-14)21-28(26,27)17-9-7-16(8-10-17)23(24)25/h3-10,21H,11H2,1-2H3. The number of nitrogens with one attached hydrogen (secondary N) is 1. The summed E-state index contributed by atoms with van der Waals surface area (Å²) in [5.41, 5.74) is 2.02. The fourth-order valence-electron chi connectivity index (χ4n) is 2.70. The second-order valence-corrected chi connectivity index (χ2v) is 7.87. The maximum absolute atomic E-state index is 13.1. The Morgan fingerprint density at radius 1 is 1.11 bits per heavy atom. The van der Waals surface area contributed by atoms with Crippen LogP contribution in [0.5, 0.6) is 0 Å². The van der Waals surface area contributed by atoms with Gasteiger partial charge in [-0.3, -0.25) is 19.5 Å². The highest BCUT2D eigenvalue weighted by Crippen LogP contribution is 2.25. The Morgan fingerprint density at radius 2 is 1.71 bits per heavy atom. The van der Waals surface area contributed by atoms with E-state index >= 15 is 0 Å². The van der Waals surface area contributed by atoms with Gasteiger partial charge in [-0.05, 0) is 43.7 Å². The van der Waals surface area contributed by atoms with E-state index in [9.17, 15) is 22.9 Å². The lowest BCUT2D eigenvalue weighted by molar-refractivity contribution is -0.384. The molecule has 28 heavy (non-hydrogen) atoms. The van der Waals surface area contributed by atoms with Gasteiger partial charge in [0.05, 0.1) is 33.4 Å². The van der Waals surface area contributed by atoms with Crippen LogP contribution in [0.15, 0.2) is 53.4 Å². The van der Waals surface area contributed by atoms with Crippen molar-refractivity contribution in [1.29, 1.82) is 0 Å². The van der Waals surface area contributed by atoms with E-state index in [1.54, 1.807) is 30.7 Å².